The highest BCUT2D eigenvalue weighted by atomic mass is 35.5. The fraction of sp³-hybridized carbons (Fsp3) is 0.385. The van der Waals surface area contributed by atoms with E-state index in [1.165, 1.54) is 18.2 Å². The van der Waals surface area contributed by atoms with Crippen LogP contribution in [0.1, 0.15) is 30.1 Å². The minimum absolute atomic E-state index is 0.0894. The van der Waals surface area contributed by atoms with Crippen LogP contribution in [0.3, 0.4) is 0 Å². The van der Waals surface area contributed by atoms with E-state index in [4.69, 9.17) is 28.3 Å². The summed E-state index contributed by atoms with van der Waals surface area (Å²) in [6.45, 7) is 1.99. The molecule has 0 aromatic heterocycles. The van der Waals surface area contributed by atoms with Crippen LogP contribution in [0.5, 0.6) is 0 Å². The van der Waals surface area contributed by atoms with Crippen LogP contribution in [0.15, 0.2) is 18.2 Å². The molecule has 0 saturated heterocycles. The molecule has 0 spiro atoms. The van der Waals surface area contributed by atoms with Gasteiger partial charge in [-0.25, -0.2) is 0 Å². The van der Waals surface area contributed by atoms with E-state index < -0.39 is 11.9 Å². The Morgan fingerprint density at radius 1 is 1.26 bits per heavy atom. The summed E-state index contributed by atoms with van der Waals surface area (Å²) in [7, 11) is 0. The number of rotatable bonds is 6. The highest BCUT2D eigenvalue weighted by Crippen LogP contribution is 2.19. The molecule has 1 aromatic rings. The molecule has 6 heteroatoms. The number of aliphatic carboxylic acids is 1. The molecule has 0 aliphatic heterocycles. The van der Waals surface area contributed by atoms with Gasteiger partial charge in [0.2, 0.25) is 0 Å². The third kappa shape index (κ3) is 5.09. The normalized spacial score (nSPS) is 11.9. The number of carbonyl (C=O) groups is 2. The van der Waals surface area contributed by atoms with Crippen molar-refractivity contribution in [1.82, 2.24) is 5.32 Å². The number of carboxylic acids is 1. The molecule has 19 heavy (non-hydrogen) atoms. The van der Waals surface area contributed by atoms with Gasteiger partial charge in [-0.2, -0.15) is 0 Å². The van der Waals surface area contributed by atoms with E-state index in [2.05, 4.69) is 5.32 Å². The summed E-state index contributed by atoms with van der Waals surface area (Å²) in [6.07, 6.45) is 1.27. The lowest BCUT2D eigenvalue weighted by molar-refractivity contribution is -0.141. The summed E-state index contributed by atoms with van der Waals surface area (Å²) in [5.41, 5.74) is 0.318. The zero-order valence-electron chi connectivity index (χ0n) is 10.5. The van der Waals surface area contributed by atoms with Gasteiger partial charge in [0.05, 0.1) is 5.92 Å². The smallest absolute Gasteiger partial charge is 0.308 e. The van der Waals surface area contributed by atoms with Gasteiger partial charge in [0.25, 0.3) is 5.91 Å². The number of halogens is 2. The van der Waals surface area contributed by atoms with Gasteiger partial charge in [-0.05, 0) is 24.6 Å². The lowest BCUT2D eigenvalue weighted by atomic mass is 10.0. The van der Waals surface area contributed by atoms with Gasteiger partial charge in [0.1, 0.15) is 0 Å². The summed E-state index contributed by atoms with van der Waals surface area (Å²) in [5.74, 6) is -1.87. The Balaban J connectivity index is 2.66. The molecule has 4 nitrogen and oxygen atoms in total. The van der Waals surface area contributed by atoms with Gasteiger partial charge in [-0.15, -0.1) is 0 Å². The molecule has 1 aromatic carbocycles. The second-order valence-corrected chi connectivity index (χ2v) is 5.06. The van der Waals surface area contributed by atoms with Crippen LogP contribution in [0.2, 0.25) is 10.0 Å². The Kier molecular flexibility index (Phi) is 6.12. The van der Waals surface area contributed by atoms with Crippen LogP contribution in [0.25, 0.3) is 0 Å². The third-order valence-electron chi connectivity index (χ3n) is 2.62. The summed E-state index contributed by atoms with van der Waals surface area (Å²) >= 11 is 11.6. The van der Waals surface area contributed by atoms with Crippen LogP contribution >= 0.6 is 23.2 Å². The molecule has 0 fully saturated rings. The molecule has 0 saturated carbocycles. The first-order chi connectivity index (χ1) is 8.93. The summed E-state index contributed by atoms with van der Waals surface area (Å²) in [5, 5.41) is 12.3. The lowest BCUT2D eigenvalue weighted by Gasteiger charge is -2.12. The number of nitrogens with one attached hydrogen (secondary N) is 1. The van der Waals surface area contributed by atoms with Gasteiger partial charge < -0.3 is 10.4 Å². The maximum Gasteiger partial charge on any atom is 0.308 e. The molecule has 2 N–H and O–H groups in total. The fourth-order valence-electron chi connectivity index (χ4n) is 1.66. The molecule has 0 radical (unpaired) electrons. The summed E-state index contributed by atoms with van der Waals surface area (Å²) in [4.78, 5) is 22.8. The third-order valence-corrected chi connectivity index (χ3v) is 3.06. The van der Waals surface area contributed by atoms with Crippen molar-refractivity contribution in [2.45, 2.75) is 19.8 Å². The van der Waals surface area contributed by atoms with Crippen molar-refractivity contribution < 1.29 is 14.7 Å². The van der Waals surface area contributed by atoms with E-state index >= 15 is 0 Å². The predicted octanol–water partition coefficient (Wildman–Crippen LogP) is 3.22. The highest BCUT2D eigenvalue weighted by molar-refractivity contribution is 6.35. The average Bonchev–Trinajstić information content (AvgIpc) is 2.32. The van der Waals surface area contributed by atoms with Gasteiger partial charge in [0, 0.05) is 22.2 Å². The molecule has 0 heterocycles. The Hall–Kier alpha value is -1.26. The highest BCUT2D eigenvalue weighted by Gasteiger charge is 2.17. The second-order valence-electron chi connectivity index (χ2n) is 4.19. The van der Waals surface area contributed by atoms with Crippen molar-refractivity contribution in [2.75, 3.05) is 6.54 Å². The number of amides is 1. The SMILES string of the molecule is CCCC(CNC(=O)c1cc(Cl)cc(Cl)c1)C(=O)O. The Labute approximate surface area is 121 Å². The molecule has 0 aliphatic carbocycles. The number of carbonyl (C=O) groups excluding carboxylic acids is 1. The minimum atomic E-state index is -0.911. The first-order valence-corrected chi connectivity index (χ1v) is 6.66. The average molecular weight is 304 g/mol. The zero-order chi connectivity index (χ0) is 14.4. The van der Waals surface area contributed by atoms with Crippen molar-refractivity contribution in [3.63, 3.8) is 0 Å². The predicted molar refractivity (Wildman–Crippen MR) is 74.8 cm³/mol. The number of benzene rings is 1. The monoisotopic (exact) mass is 303 g/mol. The zero-order valence-corrected chi connectivity index (χ0v) is 12.0. The topological polar surface area (TPSA) is 66.4 Å². The maximum absolute atomic E-state index is 11.9. The lowest BCUT2D eigenvalue weighted by Crippen LogP contribution is -2.32. The Morgan fingerprint density at radius 3 is 2.32 bits per heavy atom. The fourth-order valence-corrected chi connectivity index (χ4v) is 2.19. The van der Waals surface area contributed by atoms with Crippen LogP contribution in [0, 0.1) is 5.92 Å². The number of carboxylic acid groups (broad SMARTS) is 1. The Morgan fingerprint density at radius 2 is 1.84 bits per heavy atom. The molecule has 1 rings (SSSR count). The van der Waals surface area contributed by atoms with Crippen LogP contribution in [-0.4, -0.2) is 23.5 Å². The molecule has 0 bridgehead atoms. The Bertz CT molecular complexity index is 457. The van der Waals surface area contributed by atoms with E-state index in [0.717, 1.165) is 6.42 Å². The van der Waals surface area contributed by atoms with Gasteiger partial charge >= 0.3 is 5.97 Å². The number of hydrogen-bond acceptors (Lipinski definition) is 2. The maximum atomic E-state index is 11.9. The van der Waals surface area contributed by atoms with E-state index in [1.54, 1.807) is 0 Å². The molecule has 1 atom stereocenters. The van der Waals surface area contributed by atoms with Crippen LogP contribution in [0.4, 0.5) is 0 Å². The molecule has 1 unspecified atom stereocenters. The minimum Gasteiger partial charge on any atom is -0.481 e. The van der Waals surface area contributed by atoms with Crippen molar-refractivity contribution in [2.24, 2.45) is 5.92 Å². The first kappa shape index (κ1) is 15.8. The van der Waals surface area contributed by atoms with Gasteiger partial charge in [-0.1, -0.05) is 36.5 Å². The molecule has 104 valence electrons. The largest absolute Gasteiger partial charge is 0.481 e. The van der Waals surface area contributed by atoms with E-state index in [0.29, 0.717) is 22.0 Å². The molecular weight excluding hydrogens is 289 g/mol. The van der Waals surface area contributed by atoms with Gasteiger partial charge in [0.15, 0.2) is 0 Å². The van der Waals surface area contributed by atoms with E-state index in [1.807, 2.05) is 6.92 Å². The first-order valence-electron chi connectivity index (χ1n) is 5.91. The van der Waals surface area contributed by atoms with Crippen molar-refractivity contribution >= 4 is 35.1 Å². The van der Waals surface area contributed by atoms with Crippen LogP contribution in [-0.2, 0) is 4.79 Å². The number of hydrogen-bond donors (Lipinski definition) is 2. The van der Waals surface area contributed by atoms with Crippen molar-refractivity contribution in [3.8, 4) is 0 Å². The van der Waals surface area contributed by atoms with E-state index in [9.17, 15) is 9.59 Å². The van der Waals surface area contributed by atoms with E-state index in [-0.39, 0.29) is 12.5 Å². The molecule has 1 amide bonds. The summed E-state index contributed by atoms with van der Waals surface area (Å²) < 4.78 is 0. The molecule has 0 aliphatic rings. The second kappa shape index (κ2) is 7.36. The summed E-state index contributed by atoms with van der Waals surface area (Å²) in [6, 6.07) is 4.49. The standard InChI is InChI=1S/C13H15Cl2NO3/c1-2-3-8(13(18)19)7-16-12(17)9-4-10(14)6-11(15)5-9/h4-6,8H,2-3,7H2,1H3,(H,16,17)(H,18,19). The van der Waals surface area contributed by atoms with Crippen LogP contribution < -0.4 is 5.32 Å². The van der Waals surface area contributed by atoms with Gasteiger partial charge in [-0.3, -0.25) is 9.59 Å². The van der Waals surface area contributed by atoms with Crippen molar-refractivity contribution in [1.29, 1.82) is 0 Å². The van der Waals surface area contributed by atoms with Crippen molar-refractivity contribution in [3.05, 3.63) is 33.8 Å². The molecular formula is C13H15Cl2NO3. The quantitative estimate of drug-likeness (QED) is 0.848.